The van der Waals surface area contributed by atoms with Crippen LogP contribution >= 0.6 is 0 Å². The summed E-state index contributed by atoms with van der Waals surface area (Å²) in [6.07, 6.45) is 4.63. The van der Waals surface area contributed by atoms with Crippen LogP contribution in [0.25, 0.3) is 0 Å². The molecule has 5 nitrogen and oxygen atoms in total. The number of sulfonamides is 1. The maximum Gasteiger partial charge on any atom is 0.209 e. The molecule has 0 heterocycles. The van der Waals surface area contributed by atoms with Gasteiger partial charge in [0.25, 0.3) is 0 Å². The molecule has 0 spiro atoms. The van der Waals surface area contributed by atoms with Crippen molar-refractivity contribution in [2.24, 2.45) is 0 Å². The fourth-order valence-corrected chi connectivity index (χ4v) is 4.35. The molecule has 1 fully saturated rings. The molecule has 2 aromatic carbocycles. The largest absolute Gasteiger partial charge is 0.497 e. The Morgan fingerprint density at radius 1 is 1.14 bits per heavy atom. The summed E-state index contributed by atoms with van der Waals surface area (Å²) in [5, 5.41) is 3.76. The highest BCUT2D eigenvalue weighted by atomic mass is 32.2. The van der Waals surface area contributed by atoms with Crippen LogP contribution in [0.4, 0.5) is 0 Å². The van der Waals surface area contributed by atoms with E-state index in [0.717, 1.165) is 24.2 Å². The zero-order chi connectivity index (χ0) is 20.1. The molecule has 2 N–H and O–H groups in total. The number of hydrogen-bond acceptors (Lipinski definition) is 4. The third kappa shape index (κ3) is 5.80. The molecule has 3 atom stereocenters. The summed E-state index contributed by atoms with van der Waals surface area (Å²) in [7, 11) is -1.46. The van der Waals surface area contributed by atoms with Gasteiger partial charge in [0.2, 0.25) is 10.0 Å². The van der Waals surface area contributed by atoms with Crippen LogP contribution in [0.15, 0.2) is 48.5 Å². The van der Waals surface area contributed by atoms with E-state index in [0.29, 0.717) is 18.5 Å². The van der Waals surface area contributed by atoms with Crippen LogP contribution in [0.1, 0.15) is 54.8 Å². The predicted molar refractivity (Wildman–Crippen MR) is 113 cm³/mol. The summed E-state index contributed by atoms with van der Waals surface area (Å²) in [4.78, 5) is 0. The Hall–Kier alpha value is -1.89. The summed E-state index contributed by atoms with van der Waals surface area (Å²) in [6, 6.07) is 17.3. The number of ether oxygens (including phenoxy) is 1. The number of rotatable bonds is 8. The predicted octanol–water partition coefficient (Wildman–Crippen LogP) is 3.73. The Morgan fingerprint density at radius 2 is 1.89 bits per heavy atom. The number of nitrogens with one attached hydrogen (secondary N) is 2. The van der Waals surface area contributed by atoms with E-state index in [2.05, 4.69) is 41.2 Å². The zero-order valence-electron chi connectivity index (χ0n) is 16.8. The molecule has 1 aliphatic carbocycles. The molecule has 3 unspecified atom stereocenters. The SMILES string of the molecule is COc1cccc(C(C)NC2CCC(c3ccc(CNS(C)(=O)=O)cc3)C2)c1. The molecule has 1 saturated carbocycles. The Bertz CT molecular complexity index is 881. The second-order valence-electron chi connectivity index (χ2n) is 7.71. The maximum absolute atomic E-state index is 11.2. The molecule has 0 aromatic heterocycles. The molecule has 6 heteroatoms. The van der Waals surface area contributed by atoms with Crippen molar-refractivity contribution in [1.29, 1.82) is 0 Å². The van der Waals surface area contributed by atoms with Crippen molar-refractivity contribution in [2.45, 2.75) is 50.7 Å². The normalized spacial score (nSPS) is 20.8. The lowest BCUT2D eigenvalue weighted by atomic mass is 9.96. The van der Waals surface area contributed by atoms with Crippen LogP contribution < -0.4 is 14.8 Å². The van der Waals surface area contributed by atoms with Gasteiger partial charge in [-0.1, -0.05) is 36.4 Å². The molecule has 0 radical (unpaired) electrons. The average molecular weight is 403 g/mol. The van der Waals surface area contributed by atoms with E-state index in [9.17, 15) is 8.42 Å². The van der Waals surface area contributed by atoms with Crippen molar-refractivity contribution in [3.63, 3.8) is 0 Å². The Morgan fingerprint density at radius 3 is 2.57 bits per heavy atom. The van der Waals surface area contributed by atoms with Crippen molar-refractivity contribution < 1.29 is 13.2 Å². The third-order valence-electron chi connectivity index (χ3n) is 5.50. The molecular weight excluding hydrogens is 372 g/mol. The summed E-state index contributed by atoms with van der Waals surface area (Å²) in [5.74, 6) is 1.44. The molecule has 0 aliphatic heterocycles. The van der Waals surface area contributed by atoms with Gasteiger partial charge in [0, 0.05) is 18.6 Å². The zero-order valence-corrected chi connectivity index (χ0v) is 17.6. The van der Waals surface area contributed by atoms with Gasteiger partial charge in [0.05, 0.1) is 13.4 Å². The Kier molecular flexibility index (Phi) is 6.75. The minimum atomic E-state index is -3.16. The van der Waals surface area contributed by atoms with Gasteiger partial charge < -0.3 is 10.1 Å². The lowest BCUT2D eigenvalue weighted by Gasteiger charge is -2.20. The second kappa shape index (κ2) is 9.07. The summed E-state index contributed by atoms with van der Waals surface area (Å²) < 4.78 is 30.3. The fraction of sp³-hybridized carbons (Fsp3) is 0.455. The molecular formula is C22H30N2O3S. The molecule has 0 amide bonds. The third-order valence-corrected chi connectivity index (χ3v) is 6.17. The van der Waals surface area contributed by atoms with Gasteiger partial charge in [-0.2, -0.15) is 0 Å². The standard InChI is InChI=1S/C22H30N2O3S/c1-16(19-5-4-6-22(14-19)27-2)24-21-12-11-20(13-21)18-9-7-17(8-10-18)15-23-28(3,25)26/h4-10,14,16,20-21,23-24H,11-13,15H2,1-3H3. The first-order chi connectivity index (χ1) is 13.3. The summed E-state index contributed by atoms with van der Waals surface area (Å²) in [6.45, 7) is 2.54. The van der Waals surface area contributed by atoms with Crippen molar-refractivity contribution >= 4 is 10.0 Å². The van der Waals surface area contributed by atoms with Crippen LogP contribution in [0.3, 0.4) is 0 Å². The summed E-state index contributed by atoms with van der Waals surface area (Å²) in [5.41, 5.74) is 3.56. The average Bonchev–Trinajstić information content (AvgIpc) is 3.14. The van der Waals surface area contributed by atoms with Gasteiger partial charge in [0.15, 0.2) is 0 Å². The van der Waals surface area contributed by atoms with E-state index in [1.54, 1.807) is 7.11 Å². The fourth-order valence-electron chi connectivity index (χ4n) is 3.92. The van der Waals surface area contributed by atoms with Gasteiger partial charge >= 0.3 is 0 Å². The van der Waals surface area contributed by atoms with Crippen LogP contribution in [0.2, 0.25) is 0 Å². The van der Waals surface area contributed by atoms with Crippen molar-refractivity contribution in [3.8, 4) is 5.75 Å². The molecule has 1 aliphatic rings. The highest BCUT2D eigenvalue weighted by Gasteiger charge is 2.27. The van der Waals surface area contributed by atoms with Gasteiger partial charge in [-0.05, 0) is 60.9 Å². The number of methoxy groups -OCH3 is 1. The molecule has 0 bridgehead atoms. The lowest BCUT2D eigenvalue weighted by molar-refractivity contribution is 0.411. The quantitative estimate of drug-likeness (QED) is 0.706. The summed E-state index contributed by atoms with van der Waals surface area (Å²) >= 11 is 0. The van der Waals surface area contributed by atoms with Crippen LogP contribution in [0.5, 0.6) is 5.75 Å². The minimum Gasteiger partial charge on any atom is -0.497 e. The topological polar surface area (TPSA) is 67.4 Å². The molecule has 2 aromatic rings. The molecule has 152 valence electrons. The van der Waals surface area contributed by atoms with Gasteiger partial charge in [-0.25, -0.2) is 13.1 Å². The smallest absolute Gasteiger partial charge is 0.209 e. The Labute approximate surface area is 168 Å². The van der Waals surface area contributed by atoms with Gasteiger partial charge in [-0.3, -0.25) is 0 Å². The molecule has 3 rings (SSSR count). The van der Waals surface area contributed by atoms with E-state index < -0.39 is 10.0 Å². The van der Waals surface area contributed by atoms with Crippen LogP contribution in [0, 0.1) is 0 Å². The highest BCUT2D eigenvalue weighted by Crippen LogP contribution is 2.35. The lowest BCUT2D eigenvalue weighted by Crippen LogP contribution is -2.29. The van der Waals surface area contributed by atoms with Crippen molar-refractivity contribution in [3.05, 3.63) is 65.2 Å². The van der Waals surface area contributed by atoms with Gasteiger partial charge in [-0.15, -0.1) is 0 Å². The van der Waals surface area contributed by atoms with E-state index >= 15 is 0 Å². The maximum atomic E-state index is 11.2. The molecule has 0 saturated heterocycles. The van der Waals surface area contributed by atoms with Crippen LogP contribution in [-0.4, -0.2) is 27.8 Å². The van der Waals surface area contributed by atoms with Crippen molar-refractivity contribution in [2.75, 3.05) is 13.4 Å². The van der Waals surface area contributed by atoms with E-state index in [4.69, 9.17) is 4.74 Å². The number of hydrogen-bond donors (Lipinski definition) is 2. The Balaban J connectivity index is 1.54. The molecule has 28 heavy (non-hydrogen) atoms. The minimum absolute atomic E-state index is 0.281. The highest BCUT2D eigenvalue weighted by molar-refractivity contribution is 7.88. The van der Waals surface area contributed by atoms with E-state index in [1.165, 1.54) is 23.8 Å². The van der Waals surface area contributed by atoms with E-state index in [1.807, 2.05) is 24.3 Å². The van der Waals surface area contributed by atoms with Gasteiger partial charge in [0.1, 0.15) is 5.75 Å². The second-order valence-corrected chi connectivity index (χ2v) is 9.54. The van der Waals surface area contributed by atoms with Crippen molar-refractivity contribution in [1.82, 2.24) is 10.0 Å². The number of benzene rings is 2. The first-order valence-electron chi connectivity index (χ1n) is 9.77. The van der Waals surface area contributed by atoms with E-state index in [-0.39, 0.29) is 6.04 Å². The first-order valence-corrected chi connectivity index (χ1v) is 11.7. The first kappa shape index (κ1) is 20.8. The van der Waals surface area contributed by atoms with Crippen LogP contribution in [-0.2, 0) is 16.6 Å². The monoisotopic (exact) mass is 402 g/mol.